The van der Waals surface area contributed by atoms with Crippen molar-refractivity contribution in [3.05, 3.63) is 17.9 Å². The van der Waals surface area contributed by atoms with Crippen LogP contribution in [0.3, 0.4) is 0 Å². The molecule has 2 N–H and O–H groups in total. The predicted octanol–water partition coefficient (Wildman–Crippen LogP) is 0.301. The molecule has 0 spiro atoms. The molecule has 0 saturated carbocycles. The number of sulfonamides is 1. The number of nitrogens with one attached hydrogen (secondary N) is 2. The zero-order valence-electron chi connectivity index (χ0n) is 9.20. The van der Waals surface area contributed by atoms with Gasteiger partial charge in [-0.3, -0.25) is 0 Å². The Morgan fingerprint density at radius 3 is 2.81 bits per heavy atom. The molecule has 88 valence electrons. The first kappa shape index (κ1) is 12.8. The van der Waals surface area contributed by atoms with Gasteiger partial charge in [0.15, 0.2) is 0 Å². The molecule has 0 aliphatic carbocycles. The summed E-state index contributed by atoms with van der Waals surface area (Å²) >= 11 is 0. The van der Waals surface area contributed by atoms with Gasteiger partial charge in [0.1, 0.15) is 5.76 Å². The maximum Gasteiger partial charge on any atom is 0.274 e. The van der Waals surface area contributed by atoms with Gasteiger partial charge in [0, 0.05) is 0 Å². The Kier molecular flexibility index (Phi) is 4.55. The SMILES string of the molecule is CC#CCNS(=O)(=O)c1ccc(CNC)o1. The summed E-state index contributed by atoms with van der Waals surface area (Å²) in [4.78, 5) is 0. The summed E-state index contributed by atoms with van der Waals surface area (Å²) in [6.45, 7) is 2.22. The highest BCUT2D eigenvalue weighted by Crippen LogP contribution is 2.13. The highest BCUT2D eigenvalue weighted by molar-refractivity contribution is 7.89. The summed E-state index contributed by atoms with van der Waals surface area (Å²) in [5, 5.41) is 2.78. The van der Waals surface area contributed by atoms with Crippen molar-refractivity contribution in [3.8, 4) is 11.8 Å². The van der Waals surface area contributed by atoms with Crippen LogP contribution in [0.15, 0.2) is 21.6 Å². The molecule has 1 rings (SSSR count). The van der Waals surface area contributed by atoms with E-state index in [9.17, 15) is 8.42 Å². The van der Waals surface area contributed by atoms with Crippen LogP contribution in [0.5, 0.6) is 0 Å². The normalized spacial score (nSPS) is 10.9. The molecule has 0 atom stereocenters. The molecule has 6 heteroatoms. The molecule has 0 radical (unpaired) electrons. The number of hydrogen-bond acceptors (Lipinski definition) is 4. The molecule has 0 aromatic carbocycles. The molecule has 1 aromatic rings. The summed E-state index contributed by atoms with van der Waals surface area (Å²) in [6.07, 6.45) is 0. The van der Waals surface area contributed by atoms with Crippen LogP contribution in [-0.4, -0.2) is 22.0 Å². The quantitative estimate of drug-likeness (QED) is 0.729. The molecule has 0 amide bonds. The van der Waals surface area contributed by atoms with Crippen LogP contribution >= 0.6 is 0 Å². The Bertz CT molecular complexity index is 494. The first-order valence-corrected chi connectivity index (χ1v) is 6.21. The number of rotatable bonds is 5. The molecule has 0 aliphatic heterocycles. The summed E-state index contributed by atoms with van der Waals surface area (Å²) in [7, 11) is -1.82. The lowest BCUT2D eigenvalue weighted by Gasteiger charge is -1.99. The topological polar surface area (TPSA) is 71.3 Å². The number of hydrogen-bond donors (Lipinski definition) is 2. The molecule has 0 bridgehead atoms. The van der Waals surface area contributed by atoms with Gasteiger partial charge in [0.2, 0.25) is 5.09 Å². The van der Waals surface area contributed by atoms with E-state index in [2.05, 4.69) is 21.9 Å². The van der Waals surface area contributed by atoms with Crippen LogP contribution < -0.4 is 10.0 Å². The Hall–Kier alpha value is -1.29. The fourth-order valence-electron chi connectivity index (χ4n) is 1.06. The lowest BCUT2D eigenvalue weighted by Crippen LogP contribution is -2.23. The monoisotopic (exact) mass is 242 g/mol. The molecule has 0 saturated heterocycles. The Morgan fingerprint density at radius 1 is 1.44 bits per heavy atom. The average molecular weight is 242 g/mol. The van der Waals surface area contributed by atoms with Crippen molar-refractivity contribution in [2.45, 2.75) is 18.6 Å². The fourth-order valence-corrected chi connectivity index (χ4v) is 1.93. The van der Waals surface area contributed by atoms with Gasteiger partial charge in [-0.25, -0.2) is 8.42 Å². The summed E-state index contributed by atoms with van der Waals surface area (Å²) in [5.74, 6) is 5.79. The van der Waals surface area contributed by atoms with E-state index < -0.39 is 10.0 Å². The highest BCUT2D eigenvalue weighted by atomic mass is 32.2. The van der Waals surface area contributed by atoms with E-state index in [1.807, 2.05) is 0 Å². The van der Waals surface area contributed by atoms with Crippen LogP contribution in [0, 0.1) is 11.8 Å². The summed E-state index contributed by atoms with van der Waals surface area (Å²) in [5.41, 5.74) is 0. The molecule has 1 heterocycles. The third-order valence-corrected chi connectivity index (χ3v) is 3.05. The lowest BCUT2D eigenvalue weighted by atomic mass is 10.4. The van der Waals surface area contributed by atoms with Crippen molar-refractivity contribution in [1.82, 2.24) is 10.0 Å². The van der Waals surface area contributed by atoms with Crippen molar-refractivity contribution in [1.29, 1.82) is 0 Å². The van der Waals surface area contributed by atoms with Gasteiger partial charge in [-0.15, -0.1) is 5.92 Å². The van der Waals surface area contributed by atoms with Crippen LogP contribution in [0.2, 0.25) is 0 Å². The average Bonchev–Trinajstić information content (AvgIpc) is 2.68. The highest BCUT2D eigenvalue weighted by Gasteiger charge is 2.17. The van der Waals surface area contributed by atoms with Gasteiger partial charge in [0.05, 0.1) is 13.1 Å². The lowest BCUT2D eigenvalue weighted by molar-refractivity contribution is 0.405. The van der Waals surface area contributed by atoms with E-state index in [-0.39, 0.29) is 11.6 Å². The van der Waals surface area contributed by atoms with E-state index in [4.69, 9.17) is 4.42 Å². The first-order chi connectivity index (χ1) is 7.60. The van der Waals surface area contributed by atoms with Gasteiger partial charge in [-0.05, 0) is 26.1 Å². The van der Waals surface area contributed by atoms with Crippen molar-refractivity contribution >= 4 is 10.0 Å². The molecule has 16 heavy (non-hydrogen) atoms. The van der Waals surface area contributed by atoms with Crippen LogP contribution in [-0.2, 0) is 16.6 Å². The zero-order valence-corrected chi connectivity index (χ0v) is 10.0. The maximum atomic E-state index is 11.6. The van der Waals surface area contributed by atoms with E-state index >= 15 is 0 Å². The van der Waals surface area contributed by atoms with Crippen molar-refractivity contribution in [2.24, 2.45) is 0 Å². The second-order valence-electron chi connectivity index (χ2n) is 3.00. The predicted molar refractivity (Wildman–Crippen MR) is 60.1 cm³/mol. The van der Waals surface area contributed by atoms with Crippen LogP contribution in [0.25, 0.3) is 0 Å². The van der Waals surface area contributed by atoms with Gasteiger partial charge in [0.25, 0.3) is 10.0 Å². The van der Waals surface area contributed by atoms with Crippen molar-refractivity contribution < 1.29 is 12.8 Å². The van der Waals surface area contributed by atoms with Crippen LogP contribution in [0.4, 0.5) is 0 Å². The van der Waals surface area contributed by atoms with Gasteiger partial charge < -0.3 is 9.73 Å². The Labute approximate surface area is 95.3 Å². The van der Waals surface area contributed by atoms with Crippen molar-refractivity contribution in [2.75, 3.05) is 13.6 Å². The summed E-state index contributed by atoms with van der Waals surface area (Å²) in [6, 6.07) is 3.05. The second kappa shape index (κ2) is 5.70. The molecule has 1 aromatic heterocycles. The van der Waals surface area contributed by atoms with E-state index in [1.165, 1.54) is 6.07 Å². The second-order valence-corrected chi connectivity index (χ2v) is 4.70. The van der Waals surface area contributed by atoms with E-state index in [0.29, 0.717) is 12.3 Å². The molecular weight excluding hydrogens is 228 g/mol. The largest absolute Gasteiger partial charge is 0.447 e. The smallest absolute Gasteiger partial charge is 0.274 e. The first-order valence-electron chi connectivity index (χ1n) is 4.72. The fraction of sp³-hybridized carbons (Fsp3) is 0.400. The molecule has 5 nitrogen and oxygen atoms in total. The summed E-state index contributed by atoms with van der Waals surface area (Å²) < 4.78 is 30.7. The molecule has 0 aliphatic rings. The van der Waals surface area contributed by atoms with Gasteiger partial charge in [-0.1, -0.05) is 5.92 Å². The third kappa shape index (κ3) is 3.38. The Morgan fingerprint density at radius 2 is 2.19 bits per heavy atom. The van der Waals surface area contributed by atoms with Crippen molar-refractivity contribution in [3.63, 3.8) is 0 Å². The standard InChI is InChI=1S/C10H14N2O3S/c1-3-4-7-12-16(13,14)10-6-5-9(15-10)8-11-2/h5-6,11-12H,7-8H2,1-2H3. The Balaban J connectivity index is 2.76. The minimum atomic E-state index is -3.58. The molecular formula is C10H14N2O3S. The molecule has 0 fully saturated rings. The van der Waals surface area contributed by atoms with Crippen LogP contribution in [0.1, 0.15) is 12.7 Å². The zero-order chi connectivity index (χ0) is 12.0. The third-order valence-electron chi connectivity index (χ3n) is 1.78. The van der Waals surface area contributed by atoms with Gasteiger partial charge >= 0.3 is 0 Å². The minimum absolute atomic E-state index is 0.0842. The molecule has 0 unspecified atom stereocenters. The van der Waals surface area contributed by atoms with Gasteiger partial charge in [-0.2, -0.15) is 4.72 Å². The minimum Gasteiger partial charge on any atom is -0.447 e. The van der Waals surface area contributed by atoms with E-state index in [1.54, 1.807) is 20.0 Å². The number of furan rings is 1. The van der Waals surface area contributed by atoms with E-state index in [0.717, 1.165) is 0 Å². The maximum absolute atomic E-state index is 11.6.